The largest absolute Gasteiger partial charge is 0.337 e. The first-order valence-electron chi connectivity index (χ1n) is 9.80. The number of aromatic nitrogens is 4. The molecule has 0 bridgehead atoms. The second-order valence-corrected chi connectivity index (χ2v) is 7.70. The molecule has 1 aliphatic rings. The van der Waals surface area contributed by atoms with Crippen LogP contribution in [0.3, 0.4) is 0 Å². The highest BCUT2D eigenvalue weighted by Gasteiger charge is 2.34. The average molecular weight is 373 g/mol. The Morgan fingerprint density at radius 1 is 1.14 bits per heavy atom. The number of nitrogens with one attached hydrogen (secondary N) is 1. The zero-order valence-corrected chi connectivity index (χ0v) is 15.9. The maximum Gasteiger partial charge on any atom is 0.246 e. The number of hydrogen-bond donors (Lipinski definition) is 1. The van der Waals surface area contributed by atoms with Crippen LogP contribution in [0.25, 0.3) is 22.4 Å². The Bertz CT molecular complexity index is 1110. The molecule has 5 rings (SSSR count). The predicted octanol–water partition coefficient (Wildman–Crippen LogP) is 4.12. The maximum atomic E-state index is 5.63. The first-order valence-corrected chi connectivity index (χ1v) is 9.80. The molecule has 142 valence electrons. The number of hydrogen-bond acceptors (Lipinski definition) is 5. The lowest BCUT2D eigenvalue weighted by molar-refractivity contribution is 0.207. The average Bonchev–Trinajstić information content (AvgIpc) is 3.37. The van der Waals surface area contributed by atoms with Gasteiger partial charge in [0.25, 0.3) is 0 Å². The lowest BCUT2D eigenvalue weighted by atomic mass is 9.91. The van der Waals surface area contributed by atoms with Gasteiger partial charge in [0.2, 0.25) is 11.7 Å². The van der Waals surface area contributed by atoms with Crippen LogP contribution < -0.4 is 5.32 Å². The summed E-state index contributed by atoms with van der Waals surface area (Å²) in [6.07, 6.45) is 5.28. The van der Waals surface area contributed by atoms with E-state index in [2.05, 4.69) is 45.1 Å². The van der Waals surface area contributed by atoms with Gasteiger partial charge < -0.3 is 14.4 Å². The van der Waals surface area contributed by atoms with Crippen LogP contribution in [-0.4, -0.2) is 26.2 Å². The van der Waals surface area contributed by atoms with E-state index >= 15 is 0 Å². The molecule has 0 saturated carbocycles. The first-order chi connectivity index (χ1) is 13.7. The quantitative estimate of drug-likeness (QED) is 0.583. The molecule has 2 aromatic heterocycles. The van der Waals surface area contributed by atoms with E-state index in [1.807, 2.05) is 36.7 Å². The summed E-state index contributed by atoms with van der Waals surface area (Å²) in [6.45, 7) is 3.88. The second-order valence-electron chi connectivity index (χ2n) is 7.70. The summed E-state index contributed by atoms with van der Waals surface area (Å²) in [5.41, 5.74) is 4.06. The van der Waals surface area contributed by atoms with Gasteiger partial charge in [-0.2, -0.15) is 4.98 Å². The standard InChI is InChI=1S/C22H23N5O/c1-22(11-4-5-12-24-22)21-25-20(26-28-21)17-8-6-7-16(13-17)14-27-15-23-18-9-2-3-10-19(18)27/h2-3,6-10,13,15,24H,4-5,11-12,14H2,1H3. The van der Waals surface area contributed by atoms with Crippen molar-refractivity contribution >= 4 is 11.0 Å². The van der Waals surface area contributed by atoms with Crippen molar-refractivity contribution in [3.63, 3.8) is 0 Å². The van der Waals surface area contributed by atoms with Gasteiger partial charge in [-0.1, -0.05) is 35.5 Å². The van der Waals surface area contributed by atoms with Gasteiger partial charge in [-0.15, -0.1) is 0 Å². The highest BCUT2D eigenvalue weighted by molar-refractivity contribution is 5.75. The van der Waals surface area contributed by atoms with Gasteiger partial charge in [-0.25, -0.2) is 4.98 Å². The molecule has 1 saturated heterocycles. The molecule has 1 aliphatic heterocycles. The van der Waals surface area contributed by atoms with Crippen LogP contribution in [0.4, 0.5) is 0 Å². The zero-order chi connectivity index (χ0) is 19.0. The van der Waals surface area contributed by atoms with Gasteiger partial charge in [0.15, 0.2) is 0 Å². The van der Waals surface area contributed by atoms with Crippen molar-refractivity contribution in [2.45, 2.75) is 38.3 Å². The van der Waals surface area contributed by atoms with E-state index in [4.69, 9.17) is 9.51 Å². The van der Waals surface area contributed by atoms with Crippen LogP contribution in [0, 0.1) is 0 Å². The van der Waals surface area contributed by atoms with Crippen LogP contribution in [-0.2, 0) is 12.1 Å². The van der Waals surface area contributed by atoms with Gasteiger partial charge in [0, 0.05) is 12.1 Å². The summed E-state index contributed by atoms with van der Waals surface area (Å²) in [7, 11) is 0. The number of nitrogens with zero attached hydrogens (tertiary/aromatic N) is 4. The van der Waals surface area contributed by atoms with E-state index in [1.54, 1.807) is 0 Å². The normalized spacial score (nSPS) is 19.9. The Morgan fingerprint density at radius 2 is 2.07 bits per heavy atom. The molecule has 3 heterocycles. The van der Waals surface area contributed by atoms with Crippen LogP contribution in [0.5, 0.6) is 0 Å². The third kappa shape index (κ3) is 3.10. The molecular weight excluding hydrogens is 350 g/mol. The molecule has 0 aliphatic carbocycles. The number of para-hydroxylation sites is 2. The van der Waals surface area contributed by atoms with Crippen molar-refractivity contribution < 1.29 is 4.52 Å². The van der Waals surface area contributed by atoms with E-state index < -0.39 is 0 Å². The Labute approximate surface area is 163 Å². The van der Waals surface area contributed by atoms with E-state index in [-0.39, 0.29) is 5.54 Å². The fourth-order valence-electron chi connectivity index (χ4n) is 3.95. The van der Waals surface area contributed by atoms with Crippen molar-refractivity contribution in [2.75, 3.05) is 6.54 Å². The molecule has 6 nitrogen and oxygen atoms in total. The molecule has 0 amide bonds. The smallest absolute Gasteiger partial charge is 0.246 e. The fourth-order valence-corrected chi connectivity index (χ4v) is 3.95. The lowest BCUT2D eigenvalue weighted by Gasteiger charge is -2.31. The van der Waals surface area contributed by atoms with Crippen LogP contribution >= 0.6 is 0 Å². The van der Waals surface area contributed by atoms with Crippen molar-refractivity contribution in [3.8, 4) is 11.4 Å². The summed E-state index contributed by atoms with van der Waals surface area (Å²) < 4.78 is 7.78. The zero-order valence-electron chi connectivity index (χ0n) is 15.9. The highest BCUT2D eigenvalue weighted by atomic mass is 16.5. The molecule has 28 heavy (non-hydrogen) atoms. The minimum atomic E-state index is -0.225. The topological polar surface area (TPSA) is 68.8 Å². The van der Waals surface area contributed by atoms with Gasteiger partial charge in [-0.05, 0) is 56.5 Å². The van der Waals surface area contributed by atoms with Crippen LogP contribution in [0.15, 0.2) is 59.4 Å². The molecule has 1 fully saturated rings. The van der Waals surface area contributed by atoms with Gasteiger partial charge in [0.1, 0.15) is 0 Å². The minimum Gasteiger partial charge on any atom is -0.337 e. The fraction of sp³-hybridized carbons (Fsp3) is 0.318. The van der Waals surface area contributed by atoms with Crippen molar-refractivity contribution in [1.82, 2.24) is 25.0 Å². The second kappa shape index (κ2) is 6.87. The van der Waals surface area contributed by atoms with E-state index in [9.17, 15) is 0 Å². The van der Waals surface area contributed by atoms with E-state index in [1.165, 1.54) is 18.4 Å². The molecule has 6 heteroatoms. The number of fused-ring (bicyclic) bond motifs is 1. The highest BCUT2D eigenvalue weighted by Crippen LogP contribution is 2.30. The van der Waals surface area contributed by atoms with Crippen LogP contribution in [0.2, 0.25) is 0 Å². The van der Waals surface area contributed by atoms with Crippen molar-refractivity contribution in [1.29, 1.82) is 0 Å². The van der Waals surface area contributed by atoms with E-state index in [0.29, 0.717) is 11.7 Å². The molecule has 2 aromatic carbocycles. The number of piperidine rings is 1. The van der Waals surface area contributed by atoms with E-state index in [0.717, 1.165) is 36.1 Å². The van der Waals surface area contributed by atoms with Gasteiger partial charge >= 0.3 is 0 Å². The summed E-state index contributed by atoms with van der Waals surface area (Å²) in [4.78, 5) is 9.18. The van der Waals surface area contributed by atoms with Crippen molar-refractivity contribution in [3.05, 3.63) is 66.3 Å². The monoisotopic (exact) mass is 373 g/mol. The van der Waals surface area contributed by atoms with Gasteiger partial charge in [-0.3, -0.25) is 0 Å². The summed E-state index contributed by atoms with van der Waals surface area (Å²) in [6, 6.07) is 16.5. The van der Waals surface area contributed by atoms with Crippen LogP contribution in [0.1, 0.15) is 37.6 Å². The Morgan fingerprint density at radius 3 is 2.96 bits per heavy atom. The molecule has 4 aromatic rings. The van der Waals surface area contributed by atoms with Crippen molar-refractivity contribution in [2.24, 2.45) is 0 Å². The summed E-state index contributed by atoms with van der Waals surface area (Å²) in [5.74, 6) is 1.31. The van der Waals surface area contributed by atoms with Gasteiger partial charge in [0.05, 0.1) is 22.9 Å². The lowest BCUT2D eigenvalue weighted by Crippen LogP contribution is -2.43. The molecule has 0 radical (unpaired) electrons. The first kappa shape index (κ1) is 17.1. The number of imidazole rings is 1. The Hall–Kier alpha value is -2.99. The third-order valence-electron chi connectivity index (χ3n) is 5.58. The summed E-state index contributed by atoms with van der Waals surface area (Å²) >= 11 is 0. The Balaban J connectivity index is 1.42. The number of benzene rings is 2. The summed E-state index contributed by atoms with van der Waals surface area (Å²) in [5, 5.41) is 7.78. The molecule has 1 N–H and O–H groups in total. The predicted molar refractivity (Wildman–Crippen MR) is 108 cm³/mol. The molecule has 1 atom stereocenters. The molecule has 0 spiro atoms. The Kier molecular flexibility index (Phi) is 4.20. The molecular formula is C22H23N5O. The SMILES string of the molecule is CC1(c2nc(-c3cccc(Cn4cnc5ccccc54)c3)no2)CCCCN1. The third-order valence-corrected chi connectivity index (χ3v) is 5.58. The maximum absolute atomic E-state index is 5.63. The minimum absolute atomic E-state index is 0.225. The number of rotatable bonds is 4. The molecule has 1 unspecified atom stereocenters.